The summed E-state index contributed by atoms with van der Waals surface area (Å²) in [6, 6.07) is 5.79. The second kappa shape index (κ2) is 4.25. The summed E-state index contributed by atoms with van der Waals surface area (Å²) in [5, 5.41) is 2.66. The van der Waals surface area contributed by atoms with Gasteiger partial charge in [-0.2, -0.15) is 0 Å². The van der Waals surface area contributed by atoms with Crippen LogP contribution in [0.3, 0.4) is 0 Å². The topological polar surface area (TPSA) is 53.3 Å². The van der Waals surface area contributed by atoms with Gasteiger partial charge >= 0.3 is 0 Å². The quantitative estimate of drug-likeness (QED) is 0.548. The van der Waals surface area contributed by atoms with Crippen LogP contribution in [0.25, 0.3) is 6.08 Å². The number of rotatable bonds is 2. The van der Waals surface area contributed by atoms with Gasteiger partial charge in [0.15, 0.2) is 0 Å². The van der Waals surface area contributed by atoms with Gasteiger partial charge in [0.1, 0.15) is 5.82 Å². The Balaban J connectivity index is 2.79. The van der Waals surface area contributed by atoms with E-state index < -0.39 is 5.91 Å². The lowest BCUT2D eigenvalue weighted by molar-refractivity contribution is -0.114. The monoisotopic (exact) mass is 178 g/mol. The van der Waals surface area contributed by atoms with Gasteiger partial charge in [0.2, 0.25) is 0 Å². The molecule has 66 valence electrons. The van der Waals surface area contributed by atoms with Gasteiger partial charge in [-0.1, -0.05) is 12.1 Å². The summed E-state index contributed by atoms with van der Waals surface area (Å²) in [4.78, 5) is 10.5. The molecule has 0 aliphatic carbocycles. The highest BCUT2D eigenvalue weighted by atomic mass is 19.1. The van der Waals surface area contributed by atoms with Crippen molar-refractivity contribution in [3.8, 4) is 0 Å². The predicted octanol–water partition coefficient (Wildman–Crippen LogP) is 2.40. The summed E-state index contributed by atoms with van der Waals surface area (Å²) < 4.78 is 12.6. The van der Waals surface area contributed by atoms with Gasteiger partial charge in [-0.25, -0.2) is 9.92 Å². The minimum absolute atomic E-state index is 0.364. The third kappa shape index (κ3) is 2.94. The molecule has 3 nitrogen and oxygen atoms in total. The molecular formula is C9H7FN2O. The van der Waals surface area contributed by atoms with Crippen LogP contribution in [-0.4, -0.2) is 5.91 Å². The van der Waals surface area contributed by atoms with Gasteiger partial charge in [-0.05, 0) is 23.8 Å². The third-order valence-electron chi connectivity index (χ3n) is 1.38. The van der Waals surface area contributed by atoms with Crippen LogP contribution < -0.4 is 0 Å². The van der Waals surface area contributed by atoms with Gasteiger partial charge in [0, 0.05) is 6.08 Å². The molecule has 0 aromatic heterocycles. The highest BCUT2D eigenvalue weighted by molar-refractivity contribution is 5.91. The first-order valence-corrected chi connectivity index (χ1v) is 3.57. The van der Waals surface area contributed by atoms with E-state index in [9.17, 15) is 9.18 Å². The smallest absolute Gasteiger partial charge is 0.266 e. The number of hydrogen-bond acceptors (Lipinski definition) is 2. The van der Waals surface area contributed by atoms with Crippen molar-refractivity contribution < 1.29 is 9.18 Å². The Kier molecular flexibility index (Phi) is 3.03. The largest absolute Gasteiger partial charge is 0.287 e. The molecule has 0 fully saturated rings. The van der Waals surface area contributed by atoms with Crippen molar-refractivity contribution in [1.29, 1.82) is 5.53 Å². The molecule has 0 radical (unpaired) electrons. The highest BCUT2D eigenvalue weighted by Gasteiger charge is 1.92. The van der Waals surface area contributed by atoms with Crippen LogP contribution in [0.1, 0.15) is 5.56 Å². The van der Waals surface area contributed by atoms with Crippen LogP contribution in [-0.2, 0) is 4.79 Å². The first-order chi connectivity index (χ1) is 6.22. The Morgan fingerprint density at radius 2 is 2.31 bits per heavy atom. The zero-order valence-corrected chi connectivity index (χ0v) is 6.70. The molecule has 13 heavy (non-hydrogen) atoms. The van der Waals surface area contributed by atoms with Crippen molar-refractivity contribution in [3.05, 3.63) is 41.7 Å². The van der Waals surface area contributed by atoms with Crippen LogP contribution in [0.5, 0.6) is 0 Å². The van der Waals surface area contributed by atoms with Crippen LogP contribution in [0.2, 0.25) is 0 Å². The van der Waals surface area contributed by atoms with Crippen molar-refractivity contribution in [3.63, 3.8) is 0 Å². The van der Waals surface area contributed by atoms with Crippen molar-refractivity contribution in [1.82, 2.24) is 0 Å². The lowest BCUT2D eigenvalue weighted by Crippen LogP contribution is -1.82. The molecule has 0 atom stereocenters. The predicted molar refractivity (Wildman–Crippen MR) is 45.6 cm³/mol. The normalized spacial score (nSPS) is 10.2. The van der Waals surface area contributed by atoms with Crippen LogP contribution in [0.15, 0.2) is 35.5 Å². The number of amides is 1. The number of benzene rings is 1. The maximum Gasteiger partial charge on any atom is 0.287 e. The molecule has 1 aromatic carbocycles. The summed E-state index contributed by atoms with van der Waals surface area (Å²) in [6.45, 7) is 0. The summed E-state index contributed by atoms with van der Waals surface area (Å²) >= 11 is 0. The Hall–Kier alpha value is -1.84. The Morgan fingerprint density at radius 3 is 2.92 bits per heavy atom. The van der Waals surface area contributed by atoms with Crippen molar-refractivity contribution >= 4 is 12.0 Å². The summed E-state index contributed by atoms with van der Waals surface area (Å²) in [5.74, 6) is -1.03. The first kappa shape index (κ1) is 9.25. The van der Waals surface area contributed by atoms with Gasteiger partial charge in [-0.3, -0.25) is 4.79 Å². The number of halogens is 1. The Bertz CT molecular complexity index is 360. The lowest BCUT2D eigenvalue weighted by Gasteiger charge is -1.91. The van der Waals surface area contributed by atoms with E-state index in [0.717, 1.165) is 6.08 Å². The van der Waals surface area contributed by atoms with Gasteiger partial charge in [0.25, 0.3) is 5.91 Å². The second-order valence-electron chi connectivity index (χ2n) is 2.34. The third-order valence-corrected chi connectivity index (χ3v) is 1.38. The number of nitrogens with zero attached hydrogens (tertiary/aromatic N) is 1. The van der Waals surface area contributed by atoms with Gasteiger partial charge < -0.3 is 0 Å². The van der Waals surface area contributed by atoms with E-state index in [4.69, 9.17) is 5.53 Å². The van der Waals surface area contributed by atoms with Crippen LogP contribution in [0, 0.1) is 11.3 Å². The van der Waals surface area contributed by atoms with E-state index in [2.05, 4.69) is 5.11 Å². The Labute approximate surface area is 74.4 Å². The zero-order valence-electron chi connectivity index (χ0n) is 6.70. The number of hydrogen-bond donors (Lipinski definition) is 1. The molecule has 1 rings (SSSR count). The molecule has 0 saturated carbocycles. The van der Waals surface area contributed by atoms with Crippen LogP contribution in [0.4, 0.5) is 4.39 Å². The van der Waals surface area contributed by atoms with E-state index in [0.29, 0.717) is 5.56 Å². The van der Waals surface area contributed by atoms with E-state index in [1.807, 2.05) is 0 Å². The molecule has 4 heteroatoms. The van der Waals surface area contributed by atoms with E-state index >= 15 is 0 Å². The molecule has 0 unspecified atom stereocenters. The molecule has 0 saturated heterocycles. The SMILES string of the molecule is N=NC(=O)/C=C/c1cccc(F)c1. The maximum absolute atomic E-state index is 12.6. The Morgan fingerprint density at radius 1 is 1.54 bits per heavy atom. The van der Waals surface area contributed by atoms with Gasteiger partial charge in [0.05, 0.1) is 0 Å². The average molecular weight is 178 g/mol. The van der Waals surface area contributed by atoms with E-state index in [-0.39, 0.29) is 5.82 Å². The van der Waals surface area contributed by atoms with Crippen LogP contribution >= 0.6 is 0 Å². The second-order valence-corrected chi connectivity index (χ2v) is 2.34. The standard InChI is InChI=1S/C9H7FN2O/c10-8-3-1-2-7(6-8)4-5-9(13)12-11/h1-6,11H/b5-4+,12-11?. The molecule has 0 spiro atoms. The van der Waals surface area contributed by atoms with Gasteiger partial charge in [-0.15, -0.1) is 5.11 Å². The highest BCUT2D eigenvalue weighted by Crippen LogP contribution is 2.05. The fourth-order valence-electron chi connectivity index (χ4n) is 0.815. The minimum atomic E-state index is -0.663. The lowest BCUT2D eigenvalue weighted by atomic mass is 10.2. The minimum Gasteiger partial charge on any atom is -0.266 e. The molecule has 0 aliphatic heterocycles. The van der Waals surface area contributed by atoms with Crippen molar-refractivity contribution in [2.45, 2.75) is 0 Å². The van der Waals surface area contributed by atoms with Crippen molar-refractivity contribution in [2.24, 2.45) is 5.11 Å². The fourth-order valence-corrected chi connectivity index (χ4v) is 0.815. The molecule has 1 aromatic rings. The summed E-state index contributed by atoms with van der Waals surface area (Å²) in [5.41, 5.74) is 6.93. The van der Waals surface area contributed by atoms with E-state index in [1.165, 1.54) is 24.3 Å². The summed E-state index contributed by atoms with van der Waals surface area (Å²) in [6.07, 6.45) is 2.52. The molecule has 0 heterocycles. The zero-order chi connectivity index (χ0) is 9.68. The number of nitrogens with one attached hydrogen (secondary N) is 1. The molecular weight excluding hydrogens is 171 g/mol. The number of carbonyl (C=O) groups excluding carboxylic acids is 1. The molecule has 1 N–H and O–H groups in total. The first-order valence-electron chi connectivity index (χ1n) is 3.57. The maximum atomic E-state index is 12.6. The van der Waals surface area contributed by atoms with Crippen molar-refractivity contribution in [2.75, 3.05) is 0 Å². The molecule has 0 bridgehead atoms. The summed E-state index contributed by atoms with van der Waals surface area (Å²) in [7, 11) is 0. The van der Waals surface area contributed by atoms with E-state index in [1.54, 1.807) is 6.07 Å². The molecule has 0 aliphatic rings. The average Bonchev–Trinajstić information content (AvgIpc) is 2.14. The number of carbonyl (C=O) groups is 1. The molecule has 1 amide bonds. The fraction of sp³-hybridized carbons (Fsp3) is 0.